The molecule has 0 saturated heterocycles. The maximum atomic E-state index is 10.7. The molecular formula is C16H23NO2. The molecule has 0 aliphatic rings. The highest BCUT2D eigenvalue weighted by Gasteiger charge is 2.23. The smallest absolute Gasteiger partial charge is 0.258 e. The van der Waals surface area contributed by atoms with E-state index in [1.54, 1.807) is 12.1 Å². The Balaban J connectivity index is 2.82. The number of rotatable bonds is 7. The van der Waals surface area contributed by atoms with Gasteiger partial charge in [-0.3, -0.25) is 10.1 Å². The first kappa shape index (κ1) is 15.4. The van der Waals surface area contributed by atoms with Crippen molar-refractivity contribution in [3.05, 3.63) is 52.6 Å². The maximum absolute atomic E-state index is 10.7. The van der Waals surface area contributed by atoms with Crippen LogP contribution in [0.5, 0.6) is 0 Å². The highest BCUT2D eigenvalue weighted by atomic mass is 16.6. The van der Waals surface area contributed by atoms with Crippen molar-refractivity contribution in [3.63, 3.8) is 0 Å². The molecule has 0 aromatic heterocycles. The summed E-state index contributed by atoms with van der Waals surface area (Å²) < 4.78 is 0. The van der Waals surface area contributed by atoms with Gasteiger partial charge in [-0.15, -0.1) is 6.58 Å². The summed E-state index contributed by atoms with van der Waals surface area (Å²) >= 11 is 0. The second-order valence-electron chi connectivity index (χ2n) is 5.71. The molecule has 0 aliphatic carbocycles. The van der Waals surface area contributed by atoms with Crippen LogP contribution in [0.15, 0.2) is 36.9 Å². The van der Waals surface area contributed by atoms with Gasteiger partial charge in [-0.2, -0.15) is 0 Å². The molecular weight excluding hydrogens is 238 g/mol. The fraction of sp³-hybridized carbons (Fsp3) is 0.500. The molecule has 0 amide bonds. The fourth-order valence-corrected chi connectivity index (χ4v) is 2.21. The zero-order chi connectivity index (χ0) is 14.5. The molecule has 3 heteroatoms. The van der Waals surface area contributed by atoms with Crippen LogP contribution in [0.2, 0.25) is 0 Å². The van der Waals surface area contributed by atoms with Crippen molar-refractivity contribution < 1.29 is 4.92 Å². The normalized spacial score (nSPS) is 14.1. The Bertz CT molecular complexity index is 437. The fourth-order valence-electron chi connectivity index (χ4n) is 2.21. The highest BCUT2D eigenvalue weighted by molar-refractivity contribution is 5.38. The molecule has 0 fully saturated rings. The molecule has 0 heterocycles. The monoisotopic (exact) mass is 261 g/mol. The minimum atomic E-state index is -0.367. The average Bonchev–Trinajstić information content (AvgIpc) is 2.38. The van der Waals surface area contributed by atoms with E-state index in [9.17, 15) is 10.1 Å². The summed E-state index contributed by atoms with van der Waals surface area (Å²) in [6.07, 6.45) is 5.30. The number of nitrogens with zero attached hydrogens (tertiary/aromatic N) is 1. The Kier molecular flexibility index (Phi) is 5.28. The van der Waals surface area contributed by atoms with Crippen LogP contribution in [0.1, 0.15) is 45.6 Å². The Morgan fingerprint density at radius 2 is 1.95 bits per heavy atom. The Hall–Kier alpha value is -1.64. The molecule has 3 nitrogen and oxygen atoms in total. The third-order valence-corrected chi connectivity index (χ3v) is 3.67. The van der Waals surface area contributed by atoms with Gasteiger partial charge >= 0.3 is 0 Å². The van der Waals surface area contributed by atoms with Crippen molar-refractivity contribution in [3.8, 4) is 0 Å². The van der Waals surface area contributed by atoms with Crippen LogP contribution >= 0.6 is 0 Å². The van der Waals surface area contributed by atoms with Crippen LogP contribution in [0, 0.1) is 16.0 Å². The van der Waals surface area contributed by atoms with Crippen LogP contribution < -0.4 is 0 Å². The third-order valence-electron chi connectivity index (χ3n) is 3.67. The third kappa shape index (κ3) is 4.19. The van der Waals surface area contributed by atoms with E-state index in [1.807, 2.05) is 18.2 Å². The van der Waals surface area contributed by atoms with Gasteiger partial charge in [0.15, 0.2) is 0 Å². The van der Waals surface area contributed by atoms with Gasteiger partial charge in [0.25, 0.3) is 5.69 Å². The average molecular weight is 261 g/mol. The predicted octanol–water partition coefficient (Wildman–Crippen LogP) is 4.86. The molecule has 1 rings (SSSR count). The minimum Gasteiger partial charge on any atom is -0.258 e. The lowest BCUT2D eigenvalue weighted by atomic mass is 9.78. The summed E-state index contributed by atoms with van der Waals surface area (Å²) in [6.45, 7) is 10.5. The molecule has 0 saturated carbocycles. The predicted molar refractivity (Wildman–Crippen MR) is 79.3 cm³/mol. The summed E-state index contributed by atoms with van der Waals surface area (Å²) in [7, 11) is 0. The van der Waals surface area contributed by atoms with E-state index in [1.165, 1.54) is 6.42 Å². The van der Waals surface area contributed by atoms with Crippen LogP contribution in [0.4, 0.5) is 5.69 Å². The van der Waals surface area contributed by atoms with E-state index in [4.69, 9.17) is 0 Å². The lowest BCUT2D eigenvalue weighted by Gasteiger charge is -2.26. The van der Waals surface area contributed by atoms with Crippen molar-refractivity contribution in [2.45, 2.75) is 45.4 Å². The molecule has 0 N–H and O–H groups in total. The number of benzene rings is 1. The topological polar surface area (TPSA) is 43.1 Å². The molecule has 0 radical (unpaired) electrons. The summed E-state index contributed by atoms with van der Waals surface area (Å²) in [5.74, 6) is 0.700. The number of non-ortho nitro benzene ring substituents is 1. The van der Waals surface area contributed by atoms with Crippen LogP contribution in [0.25, 0.3) is 0 Å². The highest BCUT2D eigenvalue weighted by Crippen LogP contribution is 2.32. The molecule has 1 aromatic rings. The zero-order valence-corrected chi connectivity index (χ0v) is 12.1. The van der Waals surface area contributed by atoms with Gasteiger partial charge < -0.3 is 0 Å². The summed E-state index contributed by atoms with van der Waals surface area (Å²) in [5, 5.41) is 10.7. The number of hydrogen-bond acceptors (Lipinski definition) is 2. The standard InChI is InChI=1S/C16H23NO2/c1-5-16(4,12-6-7-13(2)3)14-8-10-15(11-9-14)17(18)19/h5,8-11,13H,1,6-7,12H2,2-4H3/t16-/m0/s1. The molecule has 19 heavy (non-hydrogen) atoms. The lowest BCUT2D eigenvalue weighted by molar-refractivity contribution is -0.384. The van der Waals surface area contributed by atoms with Crippen LogP contribution in [0.3, 0.4) is 0 Å². The molecule has 0 aliphatic heterocycles. The van der Waals surface area contributed by atoms with E-state index in [0.29, 0.717) is 5.92 Å². The van der Waals surface area contributed by atoms with Gasteiger partial charge in [0.2, 0.25) is 0 Å². The zero-order valence-electron chi connectivity index (χ0n) is 12.1. The molecule has 104 valence electrons. The first-order valence-electron chi connectivity index (χ1n) is 6.77. The second kappa shape index (κ2) is 6.50. The Labute approximate surface area is 115 Å². The van der Waals surface area contributed by atoms with Gasteiger partial charge in [0, 0.05) is 17.5 Å². The summed E-state index contributed by atoms with van der Waals surface area (Å²) in [4.78, 5) is 10.3. The Morgan fingerprint density at radius 3 is 2.37 bits per heavy atom. The molecule has 0 unspecified atom stereocenters. The maximum Gasteiger partial charge on any atom is 0.269 e. The molecule has 1 atom stereocenters. The van der Waals surface area contributed by atoms with E-state index >= 15 is 0 Å². The number of nitro benzene ring substituents is 1. The van der Waals surface area contributed by atoms with E-state index in [2.05, 4.69) is 27.4 Å². The van der Waals surface area contributed by atoms with Gasteiger partial charge in [-0.05, 0) is 17.9 Å². The second-order valence-corrected chi connectivity index (χ2v) is 5.71. The summed E-state index contributed by atoms with van der Waals surface area (Å²) in [5.41, 5.74) is 1.12. The van der Waals surface area contributed by atoms with Crippen molar-refractivity contribution >= 4 is 5.69 Å². The van der Waals surface area contributed by atoms with Gasteiger partial charge in [-0.25, -0.2) is 0 Å². The van der Waals surface area contributed by atoms with Crippen molar-refractivity contribution in [1.29, 1.82) is 0 Å². The quantitative estimate of drug-likeness (QED) is 0.399. The van der Waals surface area contributed by atoms with E-state index in [0.717, 1.165) is 18.4 Å². The van der Waals surface area contributed by atoms with Crippen molar-refractivity contribution in [2.75, 3.05) is 0 Å². The van der Waals surface area contributed by atoms with Crippen molar-refractivity contribution in [2.24, 2.45) is 5.92 Å². The van der Waals surface area contributed by atoms with Crippen molar-refractivity contribution in [1.82, 2.24) is 0 Å². The SMILES string of the molecule is C=C[C@@](C)(CCCC(C)C)c1ccc([N+](=O)[O-])cc1. The van der Waals surface area contributed by atoms with Crippen LogP contribution in [-0.4, -0.2) is 4.92 Å². The van der Waals surface area contributed by atoms with Gasteiger partial charge in [0.1, 0.15) is 0 Å². The van der Waals surface area contributed by atoms with Gasteiger partial charge in [0.05, 0.1) is 4.92 Å². The van der Waals surface area contributed by atoms with E-state index < -0.39 is 0 Å². The first-order valence-corrected chi connectivity index (χ1v) is 6.77. The minimum absolute atomic E-state index is 0.107. The number of allylic oxidation sites excluding steroid dienone is 1. The number of hydrogen-bond donors (Lipinski definition) is 0. The summed E-state index contributed by atoms with van der Waals surface area (Å²) in [6, 6.07) is 6.82. The molecule has 0 bridgehead atoms. The Morgan fingerprint density at radius 1 is 1.37 bits per heavy atom. The van der Waals surface area contributed by atoms with Crippen LogP contribution in [-0.2, 0) is 5.41 Å². The molecule has 1 aromatic carbocycles. The molecule has 0 spiro atoms. The van der Waals surface area contributed by atoms with E-state index in [-0.39, 0.29) is 16.0 Å². The lowest BCUT2D eigenvalue weighted by Crippen LogP contribution is -2.18. The number of nitro groups is 1. The van der Waals surface area contributed by atoms with Gasteiger partial charge in [-0.1, -0.05) is 51.8 Å². The largest absolute Gasteiger partial charge is 0.269 e. The first-order chi connectivity index (χ1) is 8.89.